The number of hydrogen-bond acceptors (Lipinski definition) is 5. The number of H-pyrrole nitrogens is 1. The molecule has 0 bridgehead atoms. The number of hydrogen-bond donors (Lipinski definition) is 2. The van der Waals surface area contributed by atoms with Gasteiger partial charge in [0.2, 0.25) is 0 Å². The molecule has 0 aliphatic carbocycles. The molecule has 0 radical (unpaired) electrons. The lowest BCUT2D eigenvalue weighted by atomic mass is 9.95. The SMILES string of the molecule is CCOc1ccc([C@@H]2c3c(-c4ccccc4O)n[nH]c3C(=O)N2Cc2ccncc2)cc1. The van der Waals surface area contributed by atoms with Crippen LogP contribution in [0.5, 0.6) is 11.5 Å². The summed E-state index contributed by atoms with van der Waals surface area (Å²) in [5.74, 6) is 0.756. The smallest absolute Gasteiger partial charge is 0.273 e. The first-order valence-electron chi connectivity index (χ1n) is 10.5. The molecular formula is C25H22N4O3. The molecule has 2 aromatic heterocycles. The van der Waals surface area contributed by atoms with Gasteiger partial charge in [-0.25, -0.2) is 0 Å². The van der Waals surface area contributed by atoms with Gasteiger partial charge in [-0.3, -0.25) is 14.9 Å². The van der Waals surface area contributed by atoms with Gasteiger partial charge in [0.05, 0.1) is 12.6 Å². The first-order valence-corrected chi connectivity index (χ1v) is 10.5. The van der Waals surface area contributed by atoms with Crippen molar-refractivity contribution in [3.63, 3.8) is 0 Å². The monoisotopic (exact) mass is 426 g/mol. The molecule has 1 aliphatic heterocycles. The van der Waals surface area contributed by atoms with Gasteiger partial charge in [-0.05, 0) is 54.4 Å². The highest BCUT2D eigenvalue weighted by atomic mass is 16.5. The molecule has 0 unspecified atom stereocenters. The number of benzene rings is 2. The van der Waals surface area contributed by atoms with Crippen LogP contribution in [0.4, 0.5) is 0 Å². The average Bonchev–Trinajstić information content (AvgIpc) is 3.35. The highest BCUT2D eigenvalue weighted by Crippen LogP contribution is 2.45. The predicted octanol–water partition coefficient (Wildman–Crippen LogP) is 4.32. The Hall–Kier alpha value is -4.13. The summed E-state index contributed by atoms with van der Waals surface area (Å²) in [6, 6.07) is 18.2. The molecule has 4 aromatic rings. The quantitative estimate of drug-likeness (QED) is 0.479. The van der Waals surface area contributed by atoms with E-state index >= 15 is 0 Å². The first-order chi connectivity index (χ1) is 15.7. The van der Waals surface area contributed by atoms with E-state index in [1.54, 1.807) is 30.6 Å². The Morgan fingerprint density at radius 2 is 1.81 bits per heavy atom. The molecule has 7 heteroatoms. The first kappa shape index (κ1) is 19.8. The van der Waals surface area contributed by atoms with Crippen LogP contribution < -0.4 is 4.74 Å². The lowest BCUT2D eigenvalue weighted by Crippen LogP contribution is -2.29. The number of carbonyl (C=O) groups excluding carboxylic acids is 1. The van der Waals surface area contributed by atoms with Crippen LogP contribution in [-0.2, 0) is 6.54 Å². The van der Waals surface area contributed by atoms with Gasteiger partial charge in [0.1, 0.15) is 22.9 Å². The summed E-state index contributed by atoms with van der Waals surface area (Å²) in [6.07, 6.45) is 3.44. The number of rotatable bonds is 6. The number of aromatic amines is 1. The number of nitrogens with zero attached hydrogens (tertiary/aromatic N) is 3. The molecular weight excluding hydrogens is 404 g/mol. The van der Waals surface area contributed by atoms with Crippen molar-refractivity contribution in [3.05, 3.63) is 95.4 Å². The number of aromatic hydroxyl groups is 1. The summed E-state index contributed by atoms with van der Waals surface area (Å²) < 4.78 is 5.59. The molecule has 160 valence electrons. The third-order valence-electron chi connectivity index (χ3n) is 5.63. The Balaban J connectivity index is 1.63. The van der Waals surface area contributed by atoms with Crippen LogP contribution in [0.2, 0.25) is 0 Å². The van der Waals surface area contributed by atoms with Crippen molar-refractivity contribution in [2.24, 2.45) is 0 Å². The van der Waals surface area contributed by atoms with E-state index in [1.807, 2.05) is 54.3 Å². The van der Waals surface area contributed by atoms with Gasteiger partial charge in [-0.1, -0.05) is 24.3 Å². The molecule has 1 amide bonds. The molecule has 7 nitrogen and oxygen atoms in total. The second kappa shape index (κ2) is 8.19. The average molecular weight is 426 g/mol. The largest absolute Gasteiger partial charge is 0.507 e. The summed E-state index contributed by atoms with van der Waals surface area (Å²) in [5, 5.41) is 17.8. The van der Waals surface area contributed by atoms with Crippen LogP contribution in [0.25, 0.3) is 11.3 Å². The zero-order valence-corrected chi connectivity index (χ0v) is 17.5. The van der Waals surface area contributed by atoms with E-state index in [4.69, 9.17) is 4.74 Å². The number of pyridine rings is 1. The maximum absolute atomic E-state index is 13.4. The molecule has 32 heavy (non-hydrogen) atoms. The number of para-hydroxylation sites is 1. The molecule has 0 saturated carbocycles. The number of ether oxygens (including phenoxy) is 1. The van der Waals surface area contributed by atoms with E-state index in [0.29, 0.717) is 30.1 Å². The second-order valence-electron chi connectivity index (χ2n) is 7.57. The number of aromatic nitrogens is 3. The van der Waals surface area contributed by atoms with E-state index in [2.05, 4.69) is 15.2 Å². The number of phenolic OH excluding ortho intramolecular Hbond substituents is 1. The topological polar surface area (TPSA) is 91.3 Å². The summed E-state index contributed by atoms with van der Waals surface area (Å²) in [4.78, 5) is 19.3. The van der Waals surface area contributed by atoms with Crippen molar-refractivity contribution in [2.75, 3.05) is 6.61 Å². The minimum atomic E-state index is -0.366. The fourth-order valence-corrected chi connectivity index (χ4v) is 4.18. The molecule has 1 atom stereocenters. The number of amides is 1. The van der Waals surface area contributed by atoms with Gasteiger partial charge in [0, 0.05) is 30.1 Å². The Morgan fingerprint density at radius 1 is 1.06 bits per heavy atom. The number of fused-ring (bicyclic) bond motifs is 1. The third kappa shape index (κ3) is 3.37. The van der Waals surface area contributed by atoms with Crippen molar-refractivity contribution in [1.29, 1.82) is 0 Å². The fourth-order valence-electron chi connectivity index (χ4n) is 4.18. The zero-order valence-electron chi connectivity index (χ0n) is 17.5. The highest BCUT2D eigenvalue weighted by Gasteiger charge is 2.42. The third-order valence-corrected chi connectivity index (χ3v) is 5.63. The lowest BCUT2D eigenvalue weighted by Gasteiger charge is -2.26. The van der Waals surface area contributed by atoms with Gasteiger partial charge in [-0.2, -0.15) is 5.10 Å². The molecule has 0 saturated heterocycles. The minimum Gasteiger partial charge on any atom is -0.507 e. The summed E-state index contributed by atoms with van der Waals surface area (Å²) in [7, 11) is 0. The summed E-state index contributed by atoms with van der Waals surface area (Å²) in [5.41, 5.74) is 4.27. The van der Waals surface area contributed by atoms with Crippen molar-refractivity contribution >= 4 is 5.91 Å². The van der Waals surface area contributed by atoms with Gasteiger partial charge >= 0.3 is 0 Å². The lowest BCUT2D eigenvalue weighted by molar-refractivity contribution is 0.0730. The number of carbonyl (C=O) groups is 1. The maximum atomic E-state index is 13.4. The van der Waals surface area contributed by atoms with Crippen molar-refractivity contribution in [1.82, 2.24) is 20.1 Å². The van der Waals surface area contributed by atoms with Crippen molar-refractivity contribution < 1.29 is 14.6 Å². The predicted molar refractivity (Wildman–Crippen MR) is 119 cm³/mol. The Morgan fingerprint density at radius 3 is 2.53 bits per heavy atom. The van der Waals surface area contributed by atoms with Crippen LogP contribution in [0, 0.1) is 0 Å². The fraction of sp³-hybridized carbons (Fsp3) is 0.160. The van der Waals surface area contributed by atoms with Gasteiger partial charge < -0.3 is 14.7 Å². The standard InChI is InChI=1S/C25H22N4O3/c1-2-32-18-9-7-17(8-10-18)24-21-22(19-5-3-4-6-20(19)30)27-28-23(21)25(31)29(24)15-16-11-13-26-14-12-16/h3-14,24,30H,2,15H2,1H3,(H,27,28)/t24-/m1/s1. The van der Waals surface area contributed by atoms with Crippen LogP contribution in [0.1, 0.15) is 40.1 Å². The molecule has 3 heterocycles. The van der Waals surface area contributed by atoms with Crippen LogP contribution in [0.15, 0.2) is 73.1 Å². The van der Waals surface area contributed by atoms with Crippen LogP contribution >= 0.6 is 0 Å². The van der Waals surface area contributed by atoms with Crippen LogP contribution in [-0.4, -0.2) is 37.7 Å². The number of nitrogens with one attached hydrogen (secondary N) is 1. The Kier molecular flexibility index (Phi) is 5.07. The molecule has 1 aliphatic rings. The van der Waals surface area contributed by atoms with Gasteiger partial charge in [0.15, 0.2) is 0 Å². The van der Waals surface area contributed by atoms with E-state index in [0.717, 1.165) is 22.4 Å². The summed E-state index contributed by atoms with van der Waals surface area (Å²) >= 11 is 0. The maximum Gasteiger partial charge on any atom is 0.273 e. The minimum absolute atomic E-state index is 0.118. The zero-order chi connectivity index (χ0) is 22.1. The van der Waals surface area contributed by atoms with E-state index in [1.165, 1.54) is 0 Å². The van der Waals surface area contributed by atoms with Gasteiger partial charge in [0.25, 0.3) is 5.91 Å². The second-order valence-corrected chi connectivity index (χ2v) is 7.57. The van der Waals surface area contributed by atoms with E-state index in [9.17, 15) is 9.90 Å². The normalized spacial score (nSPS) is 15.1. The number of phenols is 1. The van der Waals surface area contributed by atoms with Crippen molar-refractivity contribution in [3.8, 4) is 22.8 Å². The molecule has 0 fully saturated rings. The molecule has 2 aromatic carbocycles. The van der Waals surface area contributed by atoms with Crippen LogP contribution in [0.3, 0.4) is 0 Å². The molecule has 2 N–H and O–H groups in total. The van der Waals surface area contributed by atoms with E-state index < -0.39 is 0 Å². The molecule has 5 rings (SSSR count). The van der Waals surface area contributed by atoms with Crippen molar-refractivity contribution in [2.45, 2.75) is 19.5 Å². The summed E-state index contributed by atoms with van der Waals surface area (Å²) in [6.45, 7) is 2.94. The highest BCUT2D eigenvalue weighted by molar-refractivity contribution is 6.00. The van der Waals surface area contributed by atoms with E-state index in [-0.39, 0.29) is 17.7 Å². The Labute approximate surface area is 185 Å². The molecule has 0 spiro atoms. The Bertz CT molecular complexity index is 1250. The van der Waals surface area contributed by atoms with Gasteiger partial charge in [-0.15, -0.1) is 0 Å².